The van der Waals surface area contributed by atoms with Crippen molar-refractivity contribution in [1.82, 2.24) is 0 Å². The fraction of sp³-hybridized carbons (Fsp3) is 0.750. The quantitative estimate of drug-likeness (QED) is 0.510. The maximum absolute atomic E-state index is 4.65. The summed E-state index contributed by atoms with van der Waals surface area (Å²) in [4.78, 5) is 0. The number of unbranched alkanes of at least 4 members (excludes halogenated alkanes) is 3. The summed E-state index contributed by atoms with van der Waals surface area (Å²) in [5.41, 5.74) is 0. The van der Waals surface area contributed by atoms with Crippen LogP contribution in [-0.2, 0) is 9.47 Å². The minimum atomic E-state index is 0.769. The minimum absolute atomic E-state index is 0.769. The van der Waals surface area contributed by atoms with E-state index in [0.29, 0.717) is 0 Å². The highest BCUT2D eigenvalue weighted by atomic mass is 16.5. The Morgan fingerprint density at radius 2 is 1.10 bits per heavy atom. The number of ether oxygens (including phenoxy) is 2. The van der Waals surface area contributed by atoms with Crippen molar-refractivity contribution >= 4 is 0 Å². The molecule has 10 heavy (non-hydrogen) atoms. The van der Waals surface area contributed by atoms with Crippen LogP contribution < -0.4 is 0 Å². The zero-order valence-electron chi connectivity index (χ0n) is 6.47. The molecular formula is C8H16O2. The van der Waals surface area contributed by atoms with Crippen molar-refractivity contribution in [2.24, 2.45) is 0 Å². The van der Waals surface area contributed by atoms with Crippen molar-refractivity contribution in [2.45, 2.75) is 25.7 Å². The largest absolute Gasteiger partial charge is 0.379 e. The maximum atomic E-state index is 4.65. The average Bonchev–Trinajstić information content (AvgIpc) is 1.97. The Kier molecular flexibility index (Phi) is 8.85. The molecule has 0 aliphatic rings. The Morgan fingerprint density at radius 3 is 1.40 bits per heavy atom. The lowest BCUT2D eigenvalue weighted by Crippen LogP contribution is -1.89. The second-order valence-corrected chi connectivity index (χ2v) is 2.23. The first-order chi connectivity index (χ1) is 4.91. The molecule has 0 aliphatic heterocycles. The third-order valence-electron chi connectivity index (χ3n) is 1.33. The van der Waals surface area contributed by atoms with Crippen LogP contribution in [0.1, 0.15) is 25.7 Å². The lowest BCUT2D eigenvalue weighted by Gasteiger charge is -1.98. The highest BCUT2D eigenvalue weighted by Crippen LogP contribution is 1.99. The van der Waals surface area contributed by atoms with Gasteiger partial charge >= 0.3 is 0 Å². The van der Waals surface area contributed by atoms with Crippen LogP contribution in [0.4, 0.5) is 0 Å². The van der Waals surface area contributed by atoms with Gasteiger partial charge in [-0.05, 0) is 12.8 Å². The van der Waals surface area contributed by atoms with Crippen molar-refractivity contribution in [3.05, 3.63) is 14.2 Å². The molecule has 2 nitrogen and oxygen atoms in total. The fourth-order valence-electron chi connectivity index (χ4n) is 0.762. The van der Waals surface area contributed by atoms with Crippen LogP contribution in [0, 0.1) is 14.2 Å². The lowest BCUT2D eigenvalue weighted by molar-refractivity contribution is 0.220. The van der Waals surface area contributed by atoms with Crippen molar-refractivity contribution in [2.75, 3.05) is 13.2 Å². The Labute approximate surface area is 63.5 Å². The standard InChI is InChI=1S/C8H16O2/c1-9-7-5-3-4-6-8-10-2/h1-8H2. The van der Waals surface area contributed by atoms with E-state index in [0.717, 1.165) is 26.1 Å². The molecule has 0 aliphatic carbocycles. The van der Waals surface area contributed by atoms with Crippen LogP contribution in [0.25, 0.3) is 0 Å². The molecule has 2 radical (unpaired) electrons. The summed E-state index contributed by atoms with van der Waals surface area (Å²) in [5, 5.41) is 0. The Hall–Kier alpha value is -0.0800. The van der Waals surface area contributed by atoms with Crippen molar-refractivity contribution in [1.29, 1.82) is 0 Å². The molecule has 2 heteroatoms. The van der Waals surface area contributed by atoms with Crippen molar-refractivity contribution in [3.8, 4) is 0 Å². The molecule has 0 atom stereocenters. The molecule has 0 aromatic rings. The van der Waals surface area contributed by atoms with E-state index in [1.165, 1.54) is 12.8 Å². The molecule has 0 unspecified atom stereocenters. The molecule has 0 saturated carbocycles. The van der Waals surface area contributed by atoms with E-state index in [4.69, 9.17) is 0 Å². The predicted octanol–water partition coefficient (Wildman–Crippen LogP) is 2.16. The monoisotopic (exact) mass is 144 g/mol. The van der Waals surface area contributed by atoms with E-state index in [2.05, 4.69) is 23.7 Å². The summed E-state index contributed by atoms with van der Waals surface area (Å²) >= 11 is 0. The fourth-order valence-corrected chi connectivity index (χ4v) is 0.762. The number of hydrogen-bond donors (Lipinski definition) is 0. The number of hydrogen-bond acceptors (Lipinski definition) is 2. The normalized spacial score (nSPS) is 10.2. The van der Waals surface area contributed by atoms with Gasteiger partial charge in [-0.3, -0.25) is 0 Å². The van der Waals surface area contributed by atoms with Gasteiger partial charge in [-0.25, -0.2) is 0 Å². The van der Waals surface area contributed by atoms with Gasteiger partial charge in [-0.1, -0.05) is 12.8 Å². The van der Waals surface area contributed by atoms with Gasteiger partial charge in [0.05, 0.1) is 14.2 Å². The summed E-state index contributed by atoms with van der Waals surface area (Å²) in [5.74, 6) is 0. The first-order valence-electron chi connectivity index (χ1n) is 3.65. The van der Waals surface area contributed by atoms with Crippen LogP contribution in [-0.4, -0.2) is 13.2 Å². The summed E-state index contributed by atoms with van der Waals surface area (Å²) in [6, 6.07) is 0. The van der Waals surface area contributed by atoms with Crippen LogP contribution >= 0.6 is 0 Å². The number of rotatable bonds is 7. The van der Waals surface area contributed by atoms with E-state index in [1.54, 1.807) is 0 Å². The second kappa shape index (κ2) is 8.92. The van der Waals surface area contributed by atoms with Gasteiger partial charge < -0.3 is 9.47 Å². The van der Waals surface area contributed by atoms with Crippen LogP contribution in [0.2, 0.25) is 0 Å². The third kappa shape index (κ3) is 7.92. The Bertz CT molecular complexity index is 47.2. The third-order valence-corrected chi connectivity index (χ3v) is 1.33. The molecular weight excluding hydrogens is 128 g/mol. The summed E-state index contributed by atoms with van der Waals surface area (Å²) in [7, 11) is 6.57. The molecule has 0 bridgehead atoms. The SMILES string of the molecule is [CH2]OCCCCCCO[CH2]. The molecule has 0 aromatic carbocycles. The summed E-state index contributed by atoms with van der Waals surface area (Å²) in [6.45, 7) is 1.54. The molecule has 0 heterocycles. The van der Waals surface area contributed by atoms with E-state index in [9.17, 15) is 0 Å². The van der Waals surface area contributed by atoms with E-state index >= 15 is 0 Å². The maximum Gasteiger partial charge on any atom is 0.0700 e. The molecule has 0 N–H and O–H groups in total. The van der Waals surface area contributed by atoms with Gasteiger partial charge in [0.15, 0.2) is 0 Å². The minimum Gasteiger partial charge on any atom is -0.379 e. The highest BCUT2D eigenvalue weighted by Gasteiger charge is 1.87. The van der Waals surface area contributed by atoms with Gasteiger partial charge in [0.1, 0.15) is 0 Å². The molecule has 0 fully saturated rings. The Balaban J connectivity index is 2.65. The smallest absolute Gasteiger partial charge is 0.0700 e. The molecule has 0 amide bonds. The first kappa shape index (κ1) is 9.92. The molecule has 60 valence electrons. The van der Waals surface area contributed by atoms with Gasteiger partial charge in [0, 0.05) is 13.2 Å². The summed E-state index contributed by atoms with van der Waals surface area (Å²) < 4.78 is 9.31. The van der Waals surface area contributed by atoms with E-state index < -0.39 is 0 Å². The molecule has 0 rings (SSSR count). The zero-order valence-corrected chi connectivity index (χ0v) is 6.47. The van der Waals surface area contributed by atoms with E-state index in [1.807, 2.05) is 0 Å². The van der Waals surface area contributed by atoms with Gasteiger partial charge in [-0.2, -0.15) is 0 Å². The van der Waals surface area contributed by atoms with Crippen LogP contribution in [0.5, 0.6) is 0 Å². The second-order valence-electron chi connectivity index (χ2n) is 2.23. The Morgan fingerprint density at radius 1 is 0.700 bits per heavy atom. The van der Waals surface area contributed by atoms with E-state index in [-0.39, 0.29) is 0 Å². The van der Waals surface area contributed by atoms with Gasteiger partial charge in [0.2, 0.25) is 0 Å². The average molecular weight is 144 g/mol. The van der Waals surface area contributed by atoms with Crippen molar-refractivity contribution in [3.63, 3.8) is 0 Å². The van der Waals surface area contributed by atoms with Gasteiger partial charge in [-0.15, -0.1) is 0 Å². The van der Waals surface area contributed by atoms with Crippen LogP contribution in [0.15, 0.2) is 0 Å². The lowest BCUT2D eigenvalue weighted by atomic mass is 10.2. The highest BCUT2D eigenvalue weighted by molar-refractivity contribution is 4.41. The molecule has 0 aromatic heterocycles. The molecule has 0 spiro atoms. The molecule has 0 saturated heterocycles. The first-order valence-corrected chi connectivity index (χ1v) is 3.65. The zero-order chi connectivity index (χ0) is 7.66. The van der Waals surface area contributed by atoms with Gasteiger partial charge in [0.25, 0.3) is 0 Å². The van der Waals surface area contributed by atoms with Crippen LogP contribution in [0.3, 0.4) is 0 Å². The predicted molar refractivity (Wildman–Crippen MR) is 41.1 cm³/mol. The van der Waals surface area contributed by atoms with Crippen molar-refractivity contribution < 1.29 is 9.47 Å². The summed E-state index contributed by atoms with van der Waals surface area (Å²) in [6.07, 6.45) is 4.58. The topological polar surface area (TPSA) is 18.5 Å².